The van der Waals surface area contributed by atoms with Crippen LogP contribution in [0.3, 0.4) is 0 Å². The molecule has 0 saturated heterocycles. The Morgan fingerprint density at radius 1 is 1.38 bits per heavy atom. The van der Waals surface area contributed by atoms with Gasteiger partial charge >= 0.3 is 6.01 Å². The number of nitrogen functional groups attached to an aromatic ring is 1. The summed E-state index contributed by atoms with van der Waals surface area (Å²) in [5.41, 5.74) is 2.31. The Hall–Kier alpha value is -1.67. The number of aliphatic hydroxyl groups excluding tert-OH is 1. The van der Waals surface area contributed by atoms with Crippen molar-refractivity contribution in [3.05, 3.63) is 0 Å². The average Bonchev–Trinajstić information content (AvgIpc) is 2.28. The van der Waals surface area contributed by atoms with Crippen molar-refractivity contribution in [1.29, 1.82) is 0 Å². The van der Waals surface area contributed by atoms with Crippen LogP contribution in [-0.2, 0) is 0 Å². The fraction of sp³-hybridized carbons (Fsp3) is 0.625. The SMILES string of the molecule is COc1nc(NN)nc(NCCC(C)O)n1. The number of hydrogen-bond donors (Lipinski definition) is 4. The van der Waals surface area contributed by atoms with Gasteiger partial charge in [-0.15, -0.1) is 0 Å². The summed E-state index contributed by atoms with van der Waals surface area (Å²) in [5.74, 6) is 5.75. The molecule has 1 unspecified atom stereocenters. The Bertz CT molecular complexity index is 310. The normalized spacial score (nSPS) is 12.0. The number of nitrogens with zero attached hydrogens (tertiary/aromatic N) is 3. The van der Waals surface area contributed by atoms with E-state index in [9.17, 15) is 0 Å². The average molecular weight is 228 g/mol. The van der Waals surface area contributed by atoms with Crippen molar-refractivity contribution in [3.8, 4) is 6.01 Å². The van der Waals surface area contributed by atoms with Gasteiger partial charge in [0.2, 0.25) is 11.9 Å². The highest BCUT2D eigenvalue weighted by atomic mass is 16.5. The fourth-order valence-electron chi connectivity index (χ4n) is 0.984. The van der Waals surface area contributed by atoms with Crippen LogP contribution < -0.4 is 21.3 Å². The van der Waals surface area contributed by atoms with E-state index in [0.717, 1.165) is 0 Å². The maximum Gasteiger partial charge on any atom is 0.322 e. The maximum absolute atomic E-state index is 9.08. The first-order valence-corrected chi connectivity index (χ1v) is 4.84. The molecule has 1 atom stereocenters. The van der Waals surface area contributed by atoms with Crippen LogP contribution in [-0.4, -0.2) is 39.8 Å². The number of methoxy groups -OCH3 is 1. The predicted octanol–water partition coefficient (Wildman–Crippen LogP) is -0.651. The molecule has 8 nitrogen and oxygen atoms in total. The molecule has 0 aliphatic heterocycles. The van der Waals surface area contributed by atoms with E-state index < -0.39 is 0 Å². The van der Waals surface area contributed by atoms with E-state index in [0.29, 0.717) is 18.9 Å². The first kappa shape index (κ1) is 12.4. The van der Waals surface area contributed by atoms with E-state index in [2.05, 4.69) is 25.7 Å². The highest BCUT2D eigenvalue weighted by molar-refractivity contribution is 5.34. The third-order valence-corrected chi connectivity index (χ3v) is 1.77. The number of nitrogens with one attached hydrogen (secondary N) is 2. The molecule has 8 heteroatoms. The Morgan fingerprint density at radius 3 is 2.62 bits per heavy atom. The molecule has 1 heterocycles. The van der Waals surface area contributed by atoms with Crippen LogP contribution >= 0.6 is 0 Å². The second-order valence-electron chi connectivity index (χ2n) is 3.18. The largest absolute Gasteiger partial charge is 0.467 e. The van der Waals surface area contributed by atoms with Gasteiger partial charge in [0.1, 0.15) is 0 Å². The van der Waals surface area contributed by atoms with Crippen LogP contribution in [0.5, 0.6) is 6.01 Å². The Morgan fingerprint density at radius 2 is 2.06 bits per heavy atom. The summed E-state index contributed by atoms with van der Waals surface area (Å²) in [7, 11) is 1.45. The van der Waals surface area contributed by atoms with Gasteiger partial charge in [-0.25, -0.2) is 5.84 Å². The molecule has 1 aromatic rings. The molecule has 90 valence electrons. The summed E-state index contributed by atoms with van der Waals surface area (Å²) in [6, 6.07) is 0.169. The van der Waals surface area contributed by atoms with E-state index in [1.807, 2.05) is 0 Å². The number of nitrogens with two attached hydrogens (primary N) is 1. The van der Waals surface area contributed by atoms with E-state index in [-0.39, 0.29) is 18.1 Å². The van der Waals surface area contributed by atoms with Gasteiger partial charge in [-0.2, -0.15) is 15.0 Å². The molecule has 0 amide bonds. The standard InChI is InChI=1S/C8H16N6O2/c1-5(15)3-4-10-6-11-7(14-9)13-8(12-6)16-2/h5,15H,3-4,9H2,1-2H3,(H2,10,11,12,13,14). The Kier molecular flexibility index (Phi) is 4.67. The van der Waals surface area contributed by atoms with E-state index in [1.54, 1.807) is 6.92 Å². The molecular weight excluding hydrogens is 212 g/mol. The molecule has 0 saturated carbocycles. The smallest absolute Gasteiger partial charge is 0.322 e. The topological polar surface area (TPSA) is 118 Å². The molecule has 0 bridgehead atoms. The quantitative estimate of drug-likeness (QED) is 0.374. The molecule has 0 aromatic carbocycles. The van der Waals surface area contributed by atoms with Gasteiger partial charge in [-0.3, -0.25) is 5.43 Å². The molecule has 0 radical (unpaired) electrons. The number of rotatable bonds is 6. The third-order valence-electron chi connectivity index (χ3n) is 1.77. The summed E-state index contributed by atoms with van der Waals surface area (Å²) in [6.45, 7) is 2.26. The zero-order valence-electron chi connectivity index (χ0n) is 9.27. The van der Waals surface area contributed by atoms with Gasteiger partial charge in [0.25, 0.3) is 0 Å². The van der Waals surface area contributed by atoms with Crippen LogP contribution in [0.2, 0.25) is 0 Å². The van der Waals surface area contributed by atoms with Gasteiger partial charge in [0.05, 0.1) is 13.2 Å². The summed E-state index contributed by atoms with van der Waals surface area (Å²) in [4.78, 5) is 11.8. The number of hydrazine groups is 1. The van der Waals surface area contributed by atoms with Crippen molar-refractivity contribution >= 4 is 11.9 Å². The number of aromatic nitrogens is 3. The lowest BCUT2D eigenvalue weighted by Gasteiger charge is -2.08. The molecule has 16 heavy (non-hydrogen) atoms. The van der Waals surface area contributed by atoms with Gasteiger partial charge in [-0.05, 0) is 13.3 Å². The minimum Gasteiger partial charge on any atom is -0.467 e. The van der Waals surface area contributed by atoms with E-state index >= 15 is 0 Å². The van der Waals surface area contributed by atoms with Crippen LogP contribution in [0.1, 0.15) is 13.3 Å². The van der Waals surface area contributed by atoms with Crippen molar-refractivity contribution in [2.45, 2.75) is 19.4 Å². The highest BCUT2D eigenvalue weighted by Gasteiger charge is 2.05. The lowest BCUT2D eigenvalue weighted by atomic mass is 10.3. The first-order valence-electron chi connectivity index (χ1n) is 4.84. The molecule has 5 N–H and O–H groups in total. The summed E-state index contributed by atoms with van der Waals surface area (Å²) >= 11 is 0. The lowest BCUT2D eigenvalue weighted by molar-refractivity contribution is 0.188. The van der Waals surface area contributed by atoms with Crippen molar-refractivity contribution in [1.82, 2.24) is 15.0 Å². The molecule has 0 fully saturated rings. The van der Waals surface area contributed by atoms with Crippen LogP contribution in [0.25, 0.3) is 0 Å². The monoisotopic (exact) mass is 228 g/mol. The fourth-order valence-corrected chi connectivity index (χ4v) is 0.984. The summed E-state index contributed by atoms with van der Waals surface area (Å²) < 4.78 is 4.88. The Labute approximate surface area is 93.2 Å². The van der Waals surface area contributed by atoms with Crippen LogP contribution in [0, 0.1) is 0 Å². The second kappa shape index (κ2) is 6.03. The van der Waals surface area contributed by atoms with Gasteiger partial charge < -0.3 is 15.2 Å². The van der Waals surface area contributed by atoms with Crippen molar-refractivity contribution in [2.75, 3.05) is 24.4 Å². The zero-order valence-corrected chi connectivity index (χ0v) is 9.27. The summed E-state index contributed by atoms with van der Waals surface area (Å²) in [6.07, 6.45) is 0.225. The minimum absolute atomic E-state index is 0.169. The van der Waals surface area contributed by atoms with Crippen LogP contribution in [0.15, 0.2) is 0 Å². The second-order valence-corrected chi connectivity index (χ2v) is 3.18. The van der Waals surface area contributed by atoms with E-state index in [4.69, 9.17) is 15.7 Å². The van der Waals surface area contributed by atoms with Crippen molar-refractivity contribution in [3.63, 3.8) is 0 Å². The molecule has 1 aromatic heterocycles. The third kappa shape index (κ3) is 3.83. The number of aliphatic hydroxyl groups is 1. The van der Waals surface area contributed by atoms with Crippen LogP contribution in [0.4, 0.5) is 11.9 Å². The zero-order chi connectivity index (χ0) is 12.0. The van der Waals surface area contributed by atoms with Gasteiger partial charge in [0.15, 0.2) is 0 Å². The molecule has 0 aliphatic rings. The highest BCUT2D eigenvalue weighted by Crippen LogP contribution is 2.09. The lowest BCUT2D eigenvalue weighted by Crippen LogP contribution is -2.16. The van der Waals surface area contributed by atoms with Gasteiger partial charge in [-0.1, -0.05) is 0 Å². The van der Waals surface area contributed by atoms with Crippen molar-refractivity contribution < 1.29 is 9.84 Å². The first-order chi connectivity index (χ1) is 7.65. The summed E-state index contributed by atoms with van der Waals surface area (Å²) in [5, 5.41) is 12.0. The van der Waals surface area contributed by atoms with Crippen molar-refractivity contribution in [2.24, 2.45) is 5.84 Å². The molecule has 0 aliphatic carbocycles. The Balaban J connectivity index is 2.64. The maximum atomic E-state index is 9.08. The number of ether oxygens (including phenoxy) is 1. The molecule has 1 rings (SSSR count). The number of hydrogen-bond acceptors (Lipinski definition) is 8. The predicted molar refractivity (Wildman–Crippen MR) is 59.0 cm³/mol. The minimum atomic E-state index is -0.372. The van der Waals surface area contributed by atoms with E-state index in [1.165, 1.54) is 7.11 Å². The van der Waals surface area contributed by atoms with Gasteiger partial charge in [0, 0.05) is 6.54 Å². The molecular formula is C8H16N6O2. The molecule has 0 spiro atoms. The number of anilines is 2.